The van der Waals surface area contributed by atoms with Crippen LogP contribution in [0.1, 0.15) is 43.7 Å². The van der Waals surface area contributed by atoms with Gasteiger partial charge in [-0.25, -0.2) is 0 Å². The third-order valence-corrected chi connectivity index (χ3v) is 5.90. The van der Waals surface area contributed by atoms with Crippen molar-refractivity contribution in [3.8, 4) is 0 Å². The first-order valence-corrected chi connectivity index (χ1v) is 8.98. The summed E-state index contributed by atoms with van der Waals surface area (Å²) in [4.78, 5) is 12.4. The molecular formula is C19H25F3N2O. The Balaban J connectivity index is 1.74. The summed E-state index contributed by atoms with van der Waals surface area (Å²) in [5, 5.41) is 6.18. The van der Waals surface area contributed by atoms with Gasteiger partial charge in [-0.1, -0.05) is 38.0 Å². The van der Waals surface area contributed by atoms with E-state index in [0.29, 0.717) is 18.0 Å². The van der Waals surface area contributed by atoms with Gasteiger partial charge in [0, 0.05) is 17.9 Å². The Morgan fingerprint density at radius 2 is 2.00 bits per heavy atom. The molecule has 1 aliphatic heterocycles. The molecule has 0 aromatic heterocycles. The number of rotatable bonds is 5. The second-order valence-electron chi connectivity index (χ2n) is 7.49. The fraction of sp³-hybridized carbons (Fsp3) is 0.632. The van der Waals surface area contributed by atoms with Crippen LogP contribution >= 0.6 is 0 Å². The summed E-state index contributed by atoms with van der Waals surface area (Å²) in [6, 6.07) is 5.61. The third-order valence-electron chi connectivity index (χ3n) is 5.90. The Hall–Kier alpha value is -1.56. The van der Waals surface area contributed by atoms with Gasteiger partial charge in [0.25, 0.3) is 0 Å². The minimum atomic E-state index is -4.34. The molecule has 6 heteroatoms. The van der Waals surface area contributed by atoms with Crippen LogP contribution in [0.15, 0.2) is 24.3 Å². The van der Waals surface area contributed by atoms with Crippen LogP contribution in [0.25, 0.3) is 0 Å². The Morgan fingerprint density at radius 1 is 1.32 bits per heavy atom. The molecule has 1 aliphatic carbocycles. The van der Waals surface area contributed by atoms with Gasteiger partial charge in [0.1, 0.15) is 0 Å². The van der Waals surface area contributed by atoms with Gasteiger partial charge in [-0.3, -0.25) is 4.79 Å². The van der Waals surface area contributed by atoms with Crippen molar-refractivity contribution in [2.45, 2.75) is 44.2 Å². The molecule has 138 valence electrons. The molecule has 3 nitrogen and oxygen atoms in total. The Labute approximate surface area is 146 Å². The number of carbonyl (C=O) groups excluding carboxylic acids is 1. The molecule has 0 bridgehead atoms. The standard InChI is InChI=1S/C19H25F3N2O/c1-13(14-10-23-11-14)17(25)24-12-18(7-2-3-8-18)15-5-4-6-16(9-15)19(20,21)22/h4-6,9,13-14,23H,2-3,7-8,10-12H2,1H3,(H,24,25). The van der Waals surface area contributed by atoms with Crippen molar-refractivity contribution in [2.24, 2.45) is 11.8 Å². The molecule has 1 saturated heterocycles. The van der Waals surface area contributed by atoms with E-state index in [1.165, 1.54) is 12.1 Å². The molecule has 3 rings (SSSR count). The summed E-state index contributed by atoms with van der Waals surface area (Å²) in [7, 11) is 0. The molecule has 0 radical (unpaired) electrons. The van der Waals surface area contributed by atoms with E-state index < -0.39 is 11.7 Å². The molecule has 1 aromatic carbocycles. The lowest BCUT2D eigenvalue weighted by Crippen LogP contribution is -2.51. The van der Waals surface area contributed by atoms with E-state index in [2.05, 4.69) is 10.6 Å². The zero-order valence-electron chi connectivity index (χ0n) is 14.5. The van der Waals surface area contributed by atoms with Gasteiger partial charge in [-0.15, -0.1) is 0 Å². The van der Waals surface area contributed by atoms with Crippen LogP contribution in [0.4, 0.5) is 13.2 Å². The maximum absolute atomic E-state index is 13.1. The normalized spacial score (nSPS) is 21.6. The van der Waals surface area contributed by atoms with Gasteiger partial charge in [-0.2, -0.15) is 13.2 Å². The molecule has 1 unspecified atom stereocenters. The fourth-order valence-electron chi connectivity index (χ4n) is 3.94. The van der Waals surface area contributed by atoms with Crippen molar-refractivity contribution in [3.63, 3.8) is 0 Å². The Morgan fingerprint density at radius 3 is 2.56 bits per heavy atom. The van der Waals surface area contributed by atoms with Crippen molar-refractivity contribution < 1.29 is 18.0 Å². The molecule has 2 fully saturated rings. The van der Waals surface area contributed by atoms with E-state index in [0.717, 1.165) is 44.8 Å². The lowest BCUT2D eigenvalue weighted by atomic mass is 9.78. The van der Waals surface area contributed by atoms with Crippen LogP contribution in [0.2, 0.25) is 0 Å². The minimum Gasteiger partial charge on any atom is -0.355 e. The Kier molecular flexibility index (Phi) is 5.09. The SMILES string of the molecule is CC(C(=O)NCC1(c2cccc(C(F)(F)F)c2)CCCC1)C1CNC1. The highest BCUT2D eigenvalue weighted by atomic mass is 19.4. The molecule has 0 spiro atoms. The van der Waals surface area contributed by atoms with E-state index >= 15 is 0 Å². The van der Waals surface area contributed by atoms with Crippen LogP contribution in [-0.2, 0) is 16.4 Å². The van der Waals surface area contributed by atoms with Gasteiger partial charge < -0.3 is 10.6 Å². The maximum Gasteiger partial charge on any atom is 0.416 e. The molecule has 1 amide bonds. The van der Waals surface area contributed by atoms with E-state index in [1.807, 2.05) is 6.92 Å². The number of amides is 1. The zero-order valence-corrected chi connectivity index (χ0v) is 14.5. The monoisotopic (exact) mass is 354 g/mol. The smallest absolute Gasteiger partial charge is 0.355 e. The zero-order chi connectivity index (χ0) is 18.1. The average Bonchev–Trinajstić information content (AvgIpc) is 3.00. The first kappa shape index (κ1) is 18.2. The number of halogens is 3. The summed E-state index contributed by atoms with van der Waals surface area (Å²) < 4.78 is 39.2. The van der Waals surface area contributed by atoms with Gasteiger partial charge in [-0.05, 0) is 43.5 Å². The number of hydrogen-bond acceptors (Lipinski definition) is 2. The molecule has 1 heterocycles. The Bertz CT molecular complexity index is 619. The summed E-state index contributed by atoms with van der Waals surface area (Å²) in [6.07, 6.45) is -0.755. The minimum absolute atomic E-state index is 0.00440. The number of carbonyl (C=O) groups is 1. The first-order valence-electron chi connectivity index (χ1n) is 8.98. The first-order chi connectivity index (χ1) is 11.8. The van der Waals surface area contributed by atoms with Crippen molar-refractivity contribution in [1.82, 2.24) is 10.6 Å². The second kappa shape index (κ2) is 6.98. The number of alkyl halides is 3. The van der Waals surface area contributed by atoms with Crippen LogP contribution in [0.5, 0.6) is 0 Å². The lowest BCUT2D eigenvalue weighted by molar-refractivity contribution is -0.137. The molecule has 25 heavy (non-hydrogen) atoms. The van der Waals surface area contributed by atoms with Crippen molar-refractivity contribution in [3.05, 3.63) is 35.4 Å². The number of benzene rings is 1. The van der Waals surface area contributed by atoms with E-state index in [9.17, 15) is 18.0 Å². The average molecular weight is 354 g/mol. The molecule has 1 saturated carbocycles. The van der Waals surface area contributed by atoms with E-state index in [1.54, 1.807) is 6.07 Å². The summed E-state index contributed by atoms with van der Waals surface area (Å²) >= 11 is 0. The molecule has 1 atom stereocenters. The van der Waals surface area contributed by atoms with Crippen LogP contribution in [0, 0.1) is 11.8 Å². The van der Waals surface area contributed by atoms with Crippen LogP contribution < -0.4 is 10.6 Å². The quantitative estimate of drug-likeness (QED) is 0.850. The predicted octanol–water partition coefficient (Wildman–Crippen LogP) is 3.49. The van der Waals surface area contributed by atoms with Gasteiger partial charge in [0.05, 0.1) is 5.56 Å². The lowest BCUT2D eigenvalue weighted by Gasteiger charge is -2.34. The second-order valence-corrected chi connectivity index (χ2v) is 7.49. The summed E-state index contributed by atoms with van der Waals surface area (Å²) in [5.74, 6) is 0.291. The van der Waals surface area contributed by atoms with Crippen molar-refractivity contribution in [2.75, 3.05) is 19.6 Å². The predicted molar refractivity (Wildman–Crippen MR) is 90.1 cm³/mol. The van der Waals surface area contributed by atoms with Gasteiger partial charge in [0.15, 0.2) is 0 Å². The topological polar surface area (TPSA) is 41.1 Å². The molecule has 2 aliphatic rings. The van der Waals surface area contributed by atoms with Crippen molar-refractivity contribution >= 4 is 5.91 Å². The highest BCUT2D eigenvalue weighted by Gasteiger charge is 2.39. The highest BCUT2D eigenvalue weighted by molar-refractivity contribution is 5.79. The van der Waals surface area contributed by atoms with Crippen molar-refractivity contribution in [1.29, 1.82) is 0 Å². The van der Waals surface area contributed by atoms with Gasteiger partial charge >= 0.3 is 6.18 Å². The summed E-state index contributed by atoms with van der Waals surface area (Å²) in [5.41, 5.74) is -0.302. The van der Waals surface area contributed by atoms with E-state index in [-0.39, 0.29) is 17.2 Å². The third kappa shape index (κ3) is 3.84. The fourth-order valence-corrected chi connectivity index (χ4v) is 3.94. The maximum atomic E-state index is 13.1. The number of nitrogens with one attached hydrogen (secondary N) is 2. The number of hydrogen-bond donors (Lipinski definition) is 2. The van der Waals surface area contributed by atoms with Crippen LogP contribution in [0.3, 0.4) is 0 Å². The molecule has 1 aromatic rings. The largest absolute Gasteiger partial charge is 0.416 e. The summed E-state index contributed by atoms with van der Waals surface area (Å²) in [6.45, 7) is 4.05. The van der Waals surface area contributed by atoms with Crippen LogP contribution in [-0.4, -0.2) is 25.5 Å². The van der Waals surface area contributed by atoms with E-state index in [4.69, 9.17) is 0 Å². The van der Waals surface area contributed by atoms with Gasteiger partial charge in [0.2, 0.25) is 5.91 Å². The highest BCUT2D eigenvalue weighted by Crippen LogP contribution is 2.42. The molecular weight excluding hydrogens is 329 g/mol. The molecule has 2 N–H and O–H groups in total.